The number of carboxylic acids is 1. The molecule has 0 fully saturated rings. The van der Waals surface area contributed by atoms with Crippen LogP contribution < -0.4 is 0 Å². The van der Waals surface area contributed by atoms with Crippen molar-refractivity contribution < 1.29 is 14.8 Å². The SMILES string of the molecule is O=C(O)c1c(CSc2ccccc2Br)cccc1[N+](=O)[O-]. The molecule has 0 heterocycles. The van der Waals surface area contributed by atoms with Crippen molar-refractivity contribution in [1.29, 1.82) is 0 Å². The van der Waals surface area contributed by atoms with Gasteiger partial charge in [-0.15, -0.1) is 11.8 Å². The minimum atomic E-state index is -1.29. The summed E-state index contributed by atoms with van der Waals surface area (Å²) < 4.78 is 0.900. The normalized spacial score (nSPS) is 10.3. The first-order valence-corrected chi connectivity index (χ1v) is 7.65. The molecule has 5 nitrogen and oxygen atoms in total. The number of aromatic carboxylic acids is 1. The summed E-state index contributed by atoms with van der Waals surface area (Å²) in [5.74, 6) is -0.948. The maximum absolute atomic E-state index is 11.3. The maximum atomic E-state index is 11.3. The number of nitro groups is 1. The zero-order valence-electron chi connectivity index (χ0n) is 10.7. The lowest BCUT2D eigenvalue weighted by atomic mass is 10.1. The molecule has 0 saturated carbocycles. The highest BCUT2D eigenvalue weighted by atomic mass is 79.9. The third kappa shape index (κ3) is 3.62. The van der Waals surface area contributed by atoms with E-state index in [4.69, 9.17) is 0 Å². The van der Waals surface area contributed by atoms with Gasteiger partial charge in [0.15, 0.2) is 0 Å². The van der Waals surface area contributed by atoms with Crippen LogP contribution in [0.3, 0.4) is 0 Å². The van der Waals surface area contributed by atoms with Gasteiger partial charge < -0.3 is 5.11 Å². The summed E-state index contributed by atoms with van der Waals surface area (Å²) in [7, 11) is 0. The van der Waals surface area contributed by atoms with Gasteiger partial charge in [0.1, 0.15) is 5.56 Å². The highest BCUT2D eigenvalue weighted by Crippen LogP contribution is 2.32. The Morgan fingerprint density at radius 1 is 1.24 bits per heavy atom. The molecule has 0 saturated heterocycles. The van der Waals surface area contributed by atoms with E-state index in [0.29, 0.717) is 11.3 Å². The molecule has 0 spiro atoms. The number of benzene rings is 2. The molecule has 2 aromatic carbocycles. The Balaban J connectivity index is 2.32. The third-order valence-corrected chi connectivity index (χ3v) is 4.84. The number of hydrogen-bond acceptors (Lipinski definition) is 4. The molecule has 7 heteroatoms. The second kappa shape index (κ2) is 6.73. The fourth-order valence-electron chi connectivity index (χ4n) is 1.82. The molecule has 0 amide bonds. The Bertz CT molecular complexity index is 705. The molecule has 21 heavy (non-hydrogen) atoms. The van der Waals surface area contributed by atoms with Crippen LogP contribution in [-0.4, -0.2) is 16.0 Å². The van der Waals surface area contributed by atoms with Gasteiger partial charge in [0, 0.05) is 21.2 Å². The highest BCUT2D eigenvalue weighted by Gasteiger charge is 2.23. The number of rotatable bonds is 5. The molecule has 2 rings (SSSR count). The third-order valence-electron chi connectivity index (χ3n) is 2.76. The van der Waals surface area contributed by atoms with Gasteiger partial charge in [-0.05, 0) is 33.6 Å². The van der Waals surface area contributed by atoms with Gasteiger partial charge >= 0.3 is 5.97 Å². The minimum Gasteiger partial charge on any atom is -0.477 e. The summed E-state index contributed by atoms with van der Waals surface area (Å²) in [6.07, 6.45) is 0. The molecule has 108 valence electrons. The number of thioether (sulfide) groups is 1. The quantitative estimate of drug-likeness (QED) is 0.482. The zero-order chi connectivity index (χ0) is 15.4. The van der Waals surface area contributed by atoms with Crippen molar-refractivity contribution in [3.63, 3.8) is 0 Å². The summed E-state index contributed by atoms with van der Waals surface area (Å²) >= 11 is 4.83. The van der Waals surface area contributed by atoms with Crippen molar-refractivity contribution in [1.82, 2.24) is 0 Å². The molecule has 0 atom stereocenters. The largest absolute Gasteiger partial charge is 0.477 e. The van der Waals surface area contributed by atoms with Crippen molar-refractivity contribution in [2.24, 2.45) is 0 Å². The minimum absolute atomic E-state index is 0.248. The molecule has 2 aromatic rings. The standard InChI is InChI=1S/C14H10BrNO4S/c15-10-5-1-2-7-12(10)21-8-9-4-3-6-11(16(19)20)13(9)14(17)18/h1-7H,8H2,(H,17,18). The molecule has 0 unspecified atom stereocenters. The van der Waals surface area contributed by atoms with E-state index < -0.39 is 10.9 Å². The molecular weight excluding hydrogens is 358 g/mol. The molecule has 0 aliphatic heterocycles. The average Bonchev–Trinajstić information content (AvgIpc) is 2.45. The fourth-order valence-corrected chi connectivity index (χ4v) is 3.38. The van der Waals surface area contributed by atoms with Gasteiger partial charge in [-0.2, -0.15) is 0 Å². The van der Waals surface area contributed by atoms with E-state index in [1.165, 1.54) is 23.9 Å². The fraction of sp³-hybridized carbons (Fsp3) is 0.0714. The molecule has 1 N–H and O–H groups in total. The van der Waals surface area contributed by atoms with Crippen molar-refractivity contribution in [3.05, 3.63) is 68.2 Å². The molecule has 0 aliphatic rings. The summed E-state index contributed by atoms with van der Waals surface area (Å²) in [5.41, 5.74) is -0.202. The van der Waals surface area contributed by atoms with Crippen LogP contribution in [0.1, 0.15) is 15.9 Å². The maximum Gasteiger partial charge on any atom is 0.343 e. The van der Waals surface area contributed by atoms with E-state index in [9.17, 15) is 20.0 Å². The summed E-state index contributed by atoms with van der Waals surface area (Å²) in [6.45, 7) is 0. The lowest BCUT2D eigenvalue weighted by Crippen LogP contribution is -2.06. The van der Waals surface area contributed by atoms with Crippen LogP contribution in [0.2, 0.25) is 0 Å². The lowest BCUT2D eigenvalue weighted by Gasteiger charge is -2.07. The Kier molecular flexibility index (Phi) is 4.98. The summed E-state index contributed by atoms with van der Waals surface area (Å²) in [6, 6.07) is 11.8. The predicted octanol–water partition coefficient (Wildman–Crippen LogP) is 4.35. The second-order valence-electron chi connectivity index (χ2n) is 4.09. The zero-order valence-corrected chi connectivity index (χ0v) is 13.1. The van der Waals surface area contributed by atoms with Crippen molar-refractivity contribution in [2.45, 2.75) is 10.6 Å². The number of nitro benzene ring substituents is 1. The summed E-state index contributed by atoms with van der Waals surface area (Å²) in [4.78, 5) is 22.5. The molecule has 0 radical (unpaired) electrons. The van der Waals surface area contributed by atoms with E-state index in [1.807, 2.05) is 24.3 Å². The molecule has 0 aliphatic carbocycles. The van der Waals surface area contributed by atoms with E-state index in [0.717, 1.165) is 9.37 Å². The van der Waals surface area contributed by atoms with Crippen LogP contribution in [-0.2, 0) is 5.75 Å². The summed E-state index contributed by atoms with van der Waals surface area (Å²) in [5, 5.41) is 20.2. The number of carbonyl (C=O) groups is 1. The predicted molar refractivity (Wildman–Crippen MR) is 83.8 cm³/mol. The van der Waals surface area contributed by atoms with Crippen LogP contribution in [0.25, 0.3) is 0 Å². The van der Waals surface area contributed by atoms with Crippen LogP contribution in [0.5, 0.6) is 0 Å². The number of hydrogen-bond donors (Lipinski definition) is 1. The topological polar surface area (TPSA) is 80.4 Å². The van der Waals surface area contributed by atoms with Crippen molar-refractivity contribution in [2.75, 3.05) is 0 Å². The first-order valence-electron chi connectivity index (χ1n) is 5.87. The second-order valence-corrected chi connectivity index (χ2v) is 5.96. The van der Waals surface area contributed by atoms with Gasteiger partial charge in [0.25, 0.3) is 5.69 Å². The monoisotopic (exact) mass is 367 g/mol. The first-order chi connectivity index (χ1) is 10.0. The van der Waals surface area contributed by atoms with Crippen molar-refractivity contribution in [3.8, 4) is 0 Å². The molecule has 0 bridgehead atoms. The van der Waals surface area contributed by atoms with Crippen LogP contribution in [0.4, 0.5) is 5.69 Å². The van der Waals surface area contributed by atoms with Gasteiger partial charge in [0.05, 0.1) is 4.92 Å². The number of halogens is 1. The Morgan fingerprint density at radius 2 is 1.95 bits per heavy atom. The Labute approximate surface area is 133 Å². The van der Waals surface area contributed by atoms with Gasteiger partial charge in [-0.1, -0.05) is 24.3 Å². The van der Waals surface area contributed by atoms with Crippen LogP contribution in [0.15, 0.2) is 51.8 Å². The van der Waals surface area contributed by atoms with Gasteiger partial charge in [0.2, 0.25) is 0 Å². The Morgan fingerprint density at radius 3 is 2.57 bits per heavy atom. The smallest absolute Gasteiger partial charge is 0.343 e. The first kappa shape index (κ1) is 15.5. The van der Waals surface area contributed by atoms with Crippen molar-refractivity contribution >= 4 is 39.3 Å². The van der Waals surface area contributed by atoms with E-state index in [1.54, 1.807) is 6.07 Å². The Hall–Kier alpha value is -1.86. The van der Waals surface area contributed by atoms with E-state index in [-0.39, 0.29) is 11.3 Å². The average molecular weight is 368 g/mol. The molecular formula is C14H10BrNO4S. The van der Waals surface area contributed by atoms with Gasteiger partial charge in [-0.3, -0.25) is 10.1 Å². The number of nitrogens with zero attached hydrogens (tertiary/aromatic N) is 1. The van der Waals surface area contributed by atoms with E-state index in [2.05, 4.69) is 15.9 Å². The van der Waals surface area contributed by atoms with Crippen LogP contribution >= 0.6 is 27.7 Å². The lowest BCUT2D eigenvalue weighted by molar-refractivity contribution is -0.385. The molecule has 0 aromatic heterocycles. The van der Waals surface area contributed by atoms with Crippen LogP contribution in [0, 0.1) is 10.1 Å². The number of carboxylic acid groups (broad SMARTS) is 1. The highest BCUT2D eigenvalue weighted by molar-refractivity contribution is 9.10. The van der Waals surface area contributed by atoms with Gasteiger partial charge in [-0.25, -0.2) is 4.79 Å². The van der Waals surface area contributed by atoms with E-state index >= 15 is 0 Å².